The van der Waals surface area contributed by atoms with Gasteiger partial charge in [-0.05, 0) is 30.2 Å². The lowest BCUT2D eigenvalue weighted by Gasteiger charge is -2.06. The molecular formula is C21H25N5O2. The normalized spacial score (nSPS) is 10.6. The lowest BCUT2D eigenvalue weighted by atomic mass is 10.1. The van der Waals surface area contributed by atoms with Crippen LogP contribution >= 0.6 is 0 Å². The van der Waals surface area contributed by atoms with Gasteiger partial charge in [-0.1, -0.05) is 67.8 Å². The monoisotopic (exact) mass is 379 g/mol. The topological polar surface area (TPSA) is 81.9 Å². The predicted molar refractivity (Wildman–Crippen MR) is 107 cm³/mol. The summed E-state index contributed by atoms with van der Waals surface area (Å²) in [5, 5.41) is 15.4. The average molecular weight is 379 g/mol. The van der Waals surface area contributed by atoms with E-state index in [1.165, 1.54) is 0 Å². The number of aromatic nitrogens is 4. The van der Waals surface area contributed by atoms with Crippen LogP contribution in [0.5, 0.6) is 5.75 Å². The summed E-state index contributed by atoms with van der Waals surface area (Å²) in [6.07, 6.45) is 4.80. The maximum absolute atomic E-state index is 11.7. The van der Waals surface area contributed by atoms with Crippen LogP contribution in [0.25, 0.3) is 11.4 Å². The van der Waals surface area contributed by atoms with E-state index in [1.54, 1.807) is 16.9 Å². The van der Waals surface area contributed by atoms with Crippen LogP contribution in [-0.4, -0.2) is 32.8 Å². The van der Waals surface area contributed by atoms with Crippen molar-refractivity contribution in [3.8, 4) is 17.1 Å². The molecule has 2 aromatic carbocycles. The number of benzene rings is 2. The van der Waals surface area contributed by atoms with Crippen LogP contribution < -0.4 is 10.1 Å². The zero-order chi connectivity index (χ0) is 19.4. The molecule has 1 aromatic heterocycles. The molecule has 146 valence electrons. The third-order valence-corrected chi connectivity index (χ3v) is 4.24. The molecule has 0 aliphatic heterocycles. The first-order valence-corrected chi connectivity index (χ1v) is 9.65. The molecule has 0 unspecified atom stereocenters. The number of amides is 1. The standard InChI is InChI=1S/C21H25N5O2/c27-21(28-19-14-8-5-9-15-19)22-16-10-2-1-3-11-17-26-24-20(23-25-26)18-12-6-4-7-13-18/h4-9,12-15H,1-3,10-11,16-17H2,(H,22,27). The van der Waals surface area contributed by atoms with Gasteiger partial charge >= 0.3 is 6.09 Å². The number of rotatable bonds is 10. The molecule has 28 heavy (non-hydrogen) atoms. The lowest BCUT2D eigenvalue weighted by molar-refractivity contribution is 0.200. The Kier molecular flexibility index (Phi) is 7.55. The fourth-order valence-electron chi connectivity index (χ4n) is 2.77. The van der Waals surface area contributed by atoms with Crippen molar-refractivity contribution in [3.63, 3.8) is 0 Å². The van der Waals surface area contributed by atoms with Gasteiger partial charge in [0.1, 0.15) is 5.75 Å². The highest BCUT2D eigenvalue weighted by atomic mass is 16.5. The number of ether oxygens (including phenoxy) is 1. The molecule has 3 aromatic rings. The fraction of sp³-hybridized carbons (Fsp3) is 0.333. The van der Waals surface area contributed by atoms with Gasteiger partial charge in [0.25, 0.3) is 0 Å². The number of tetrazole rings is 1. The van der Waals surface area contributed by atoms with Crippen LogP contribution in [-0.2, 0) is 6.54 Å². The Bertz CT molecular complexity index is 836. The quantitative estimate of drug-likeness (QED) is 0.537. The predicted octanol–water partition coefficient (Wildman–Crippen LogP) is 4.08. The second-order valence-corrected chi connectivity index (χ2v) is 6.47. The average Bonchev–Trinajstić information content (AvgIpc) is 3.20. The molecule has 0 saturated carbocycles. The second-order valence-electron chi connectivity index (χ2n) is 6.47. The largest absolute Gasteiger partial charge is 0.412 e. The molecule has 0 fully saturated rings. The van der Waals surface area contributed by atoms with Crippen LogP contribution in [0.2, 0.25) is 0 Å². The molecule has 1 amide bonds. The van der Waals surface area contributed by atoms with Gasteiger partial charge < -0.3 is 10.1 Å². The number of nitrogens with zero attached hydrogens (tertiary/aromatic N) is 4. The highest BCUT2D eigenvalue weighted by Gasteiger charge is 2.05. The van der Waals surface area contributed by atoms with Crippen molar-refractivity contribution in [2.45, 2.75) is 38.6 Å². The number of carbonyl (C=O) groups excluding carboxylic acids is 1. The third kappa shape index (κ3) is 6.50. The number of carbonyl (C=O) groups is 1. The Morgan fingerprint density at radius 1 is 0.893 bits per heavy atom. The van der Waals surface area contributed by atoms with Crippen molar-refractivity contribution in [1.82, 2.24) is 25.5 Å². The number of hydrogen-bond donors (Lipinski definition) is 1. The SMILES string of the molecule is O=C(NCCCCCCCn1nnc(-c2ccccc2)n1)Oc1ccccc1. The molecule has 0 atom stereocenters. The summed E-state index contributed by atoms with van der Waals surface area (Å²) in [5.74, 6) is 1.21. The Balaban J connectivity index is 1.22. The van der Waals surface area contributed by atoms with Gasteiger partial charge in [0.2, 0.25) is 5.82 Å². The van der Waals surface area contributed by atoms with Crippen LogP contribution in [0.4, 0.5) is 4.79 Å². The molecule has 0 bridgehead atoms. The first-order valence-electron chi connectivity index (χ1n) is 9.65. The van der Waals surface area contributed by atoms with E-state index in [2.05, 4.69) is 20.7 Å². The molecule has 1 N–H and O–H groups in total. The van der Waals surface area contributed by atoms with Crippen LogP contribution in [0.1, 0.15) is 32.1 Å². The molecular weight excluding hydrogens is 354 g/mol. The Labute approximate surface area is 164 Å². The zero-order valence-corrected chi connectivity index (χ0v) is 15.8. The van der Waals surface area contributed by atoms with E-state index in [1.807, 2.05) is 48.5 Å². The summed E-state index contributed by atoms with van der Waals surface area (Å²) in [5.41, 5.74) is 0.979. The van der Waals surface area contributed by atoms with E-state index < -0.39 is 6.09 Å². The first kappa shape index (κ1) is 19.5. The summed E-state index contributed by atoms with van der Waals surface area (Å²) in [6, 6.07) is 18.9. The van der Waals surface area contributed by atoms with Crippen molar-refractivity contribution in [2.75, 3.05) is 6.54 Å². The molecule has 0 aliphatic carbocycles. The van der Waals surface area contributed by atoms with E-state index in [0.29, 0.717) is 18.1 Å². The molecule has 0 spiro atoms. The summed E-state index contributed by atoms with van der Waals surface area (Å²) >= 11 is 0. The highest BCUT2D eigenvalue weighted by molar-refractivity contribution is 5.70. The van der Waals surface area contributed by atoms with E-state index in [0.717, 1.165) is 44.2 Å². The van der Waals surface area contributed by atoms with Gasteiger partial charge in [-0.3, -0.25) is 0 Å². The smallest absolute Gasteiger partial charge is 0.410 e. The maximum Gasteiger partial charge on any atom is 0.412 e. The molecule has 1 heterocycles. The molecule has 0 radical (unpaired) electrons. The van der Waals surface area contributed by atoms with E-state index >= 15 is 0 Å². The minimum absolute atomic E-state index is 0.405. The Morgan fingerprint density at radius 3 is 2.36 bits per heavy atom. The van der Waals surface area contributed by atoms with Crippen molar-refractivity contribution < 1.29 is 9.53 Å². The number of nitrogens with one attached hydrogen (secondary N) is 1. The van der Waals surface area contributed by atoms with Crippen LogP contribution in [0.3, 0.4) is 0 Å². The van der Waals surface area contributed by atoms with Crippen LogP contribution in [0, 0.1) is 0 Å². The third-order valence-electron chi connectivity index (χ3n) is 4.24. The van der Waals surface area contributed by atoms with Gasteiger partial charge in [0.05, 0.1) is 6.54 Å². The Hall–Kier alpha value is -3.22. The number of aryl methyl sites for hydroxylation is 1. The minimum atomic E-state index is -0.405. The number of hydrogen-bond acceptors (Lipinski definition) is 5. The molecule has 7 nitrogen and oxygen atoms in total. The van der Waals surface area contributed by atoms with Gasteiger partial charge in [-0.15, -0.1) is 10.2 Å². The van der Waals surface area contributed by atoms with Crippen molar-refractivity contribution in [2.24, 2.45) is 0 Å². The second kappa shape index (κ2) is 10.8. The van der Waals surface area contributed by atoms with Crippen molar-refractivity contribution in [3.05, 3.63) is 60.7 Å². The van der Waals surface area contributed by atoms with E-state index in [4.69, 9.17) is 4.74 Å². The summed E-state index contributed by atoms with van der Waals surface area (Å²) in [7, 11) is 0. The summed E-state index contributed by atoms with van der Waals surface area (Å²) < 4.78 is 5.17. The molecule has 0 aliphatic rings. The zero-order valence-electron chi connectivity index (χ0n) is 15.8. The van der Waals surface area contributed by atoms with E-state index in [9.17, 15) is 4.79 Å². The lowest BCUT2D eigenvalue weighted by Crippen LogP contribution is -2.27. The molecule has 3 rings (SSSR count). The first-order chi connectivity index (χ1) is 13.8. The number of para-hydroxylation sites is 1. The number of unbranched alkanes of at least 4 members (excludes halogenated alkanes) is 4. The van der Waals surface area contributed by atoms with Gasteiger partial charge in [0, 0.05) is 12.1 Å². The maximum atomic E-state index is 11.7. The molecule has 7 heteroatoms. The molecule has 0 saturated heterocycles. The summed E-state index contributed by atoms with van der Waals surface area (Å²) in [4.78, 5) is 13.3. The van der Waals surface area contributed by atoms with Gasteiger partial charge in [-0.2, -0.15) is 4.80 Å². The van der Waals surface area contributed by atoms with Crippen LogP contribution in [0.15, 0.2) is 60.7 Å². The minimum Gasteiger partial charge on any atom is -0.410 e. The summed E-state index contributed by atoms with van der Waals surface area (Å²) in [6.45, 7) is 1.39. The highest BCUT2D eigenvalue weighted by Crippen LogP contribution is 2.12. The van der Waals surface area contributed by atoms with Gasteiger partial charge in [0.15, 0.2) is 0 Å². The Morgan fingerprint density at radius 2 is 1.57 bits per heavy atom. The van der Waals surface area contributed by atoms with Gasteiger partial charge in [-0.25, -0.2) is 4.79 Å². The van der Waals surface area contributed by atoms with Crippen molar-refractivity contribution in [1.29, 1.82) is 0 Å². The van der Waals surface area contributed by atoms with E-state index in [-0.39, 0.29) is 0 Å². The van der Waals surface area contributed by atoms with Crippen molar-refractivity contribution >= 4 is 6.09 Å². The fourth-order valence-corrected chi connectivity index (χ4v) is 2.77.